The van der Waals surface area contributed by atoms with Gasteiger partial charge in [0.25, 0.3) is 5.91 Å². The molecule has 0 saturated carbocycles. The highest BCUT2D eigenvalue weighted by molar-refractivity contribution is 5.96. The Morgan fingerprint density at radius 1 is 1.19 bits per heavy atom. The van der Waals surface area contributed by atoms with Crippen molar-refractivity contribution in [1.29, 1.82) is 0 Å². The number of esters is 1. The third-order valence-electron chi connectivity index (χ3n) is 4.72. The first-order chi connectivity index (χ1) is 12.8. The molecule has 2 aromatic rings. The number of carbonyl (C=O) groups is 2. The molecule has 27 heavy (non-hydrogen) atoms. The minimum atomic E-state index is -0.691. The normalized spacial score (nSPS) is 11.9. The number of carbonyl (C=O) groups excluding carboxylic acids is 2. The van der Waals surface area contributed by atoms with Crippen molar-refractivity contribution in [1.82, 2.24) is 4.98 Å². The van der Waals surface area contributed by atoms with Crippen molar-refractivity contribution in [2.45, 2.75) is 53.6 Å². The number of aliphatic hydroxyl groups is 1. The van der Waals surface area contributed by atoms with E-state index in [2.05, 4.69) is 10.3 Å². The number of aryl methyl sites for hydroxylation is 3. The van der Waals surface area contributed by atoms with Crippen LogP contribution in [0.5, 0.6) is 0 Å². The molecule has 146 valence electrons. The number of nitrogens with one attached hydrogen (secondary N) is 2. The van der Waals surface area contributed by atoms with Crippen LogP contribution in [0.25, 0.3) is 0 Å². The van der Waals surface area contributed by atoms with Crippen molar-refractivity contribution in [3.8, 4) is 0 Å². The predicted octanol–water partition coefficient (Wildman–Crippen LogP) is 3.61. The zero-order chi connectivity index (χ0) is 20.1. The van der Waals surface area contributed by atoms with Gasteiger partial charge in [-0.15, -0.1) is 0 Å². The van der Waals surface area contributed by atoms with E-state index >= 15 is 0 Å². The molecule has 1 aromatic carbocycles. The minimum absolute atomic E-state index is 0.263. The summed E-state index contributed by atoms with van der Waals surface area (Å²) in [6.07, 6.45) is 0.905. The summed E-state index contributed by atoms with van der Waals surface area (Å²) >= 11 is 0. The van der Waals surface area contributed by atoms with Crippen molar-refractivity contribution in [2.24, 2.45) is 0 Å². The van der Waals surface area contributed by atoms with Gasteiger partial charge in [-0.25, -0.2) is 4.79 Å². The lowest BCUT2D eigenvalue weighted by Gasteiger charge is -2.14. The van der Waals surface area contributed by atoms with E-state index in [-0.39, 0.29) is 18.2 Å². The van der Waals surface area contributed by atoms with Crippen LogP contribution >= 0.6 is 0 Å². The molecule has 3 N–H and O–H groups in total. The van der Waals surface area contributed by atoms with E-state index in [0.29, 0.717) is 16.8 Å². The minimum Gasteiger partial charge on any atom is -0.451 e. The van der Waals surface area contributed by atoms with E-state index in [1.807, 2.05) is 32.0 Å². The lowest BCUT2D eigenvalue weighted by Crippen LogP contribution is -2.22. The number of aliphatic hydroxyl groups excluding tert-OH is 1. The van der Waals surface area contributed by atoms with Crippen molar-refractivity contribution in [3.05, 3.63) is 51.8 Å². The molecule has 0 bridgehead atoms. The van der Waals surface area contributed by atoms with Crippen LogP contribution in [0, 0.1) is 13.8 Å². The van der Waals surface area contributed by atoms with Gasteiger partial charge < -0.3 is 20.1 Å². The van der Waals surface area contributed by atoms with Crippen molar-refractivity contribution in [3.63, 3.8) is 0 Å². The van der Waals surface area contributed by atoms with Crippen LogP contribution in [-0.2, 0) is 22.4 Å². The number of ether oxygens (including phenoxy) is 1. The molecule has 0 spiro atoms. The van der Waals surface area contributed by atoms with E-state index in [9.17, 15) is 14.7 Å². The maximum Gasteiger partial charge on any atom is 0.355 e. The van der Waals surface area contributed by atoms with Gasteiger partial charge in [-0.3, -0.25) is 4.79 Å². The summed E-state index contributed by atoms with van der Waals surface area (Å²) in [6.45, 7) is 8.85. The standard InChI is InChI=1S/C21H28N2O4/c1-6-15-9-8-10-16(7-2)20(15)23-17(25)11-27-21(26)19-12(3)18(14(5)24)13(4)22-19/h8-10,14,22,24H,6-7,11H2,1-5H3,(H,23,25)/t14-/m1/s1. The molecule has 0 unspecified atom stereocenters. The van der Waals surface area contributed by atoms with E-state index in [1.54, 1.807) is 20.8 Å². The van der Waals surface area contributed by atoms with Crippen LogP contribution in [0.1, 0.15) is 65.3 Å². The average molecular weight is 372 g/mol. The molecule has 6 heteroatoms. The summed E-state index contributed by atoms with van der Waals surface area (Å²) in [7, 11) is 0. The fourth-order valence-electron chi connectivity index (χ4n) is 3.38. The molecular formula is C21H28N2O4. The molecule has 0 radical (unpaired) electrons. The summed E-state index contributed by atoms with van der Waals surface area (Å²) in [5.74, 6) is -0.993. The smallest absolute Gasteiger partial charge is 0.355 e. The zero-order valence-electron chi connectivity index (χ0n) is 16.6. The highest BCUT2D eigenvalue weighted by atomic mass is 16.5. The number of rotatable bonds is 7. The Labute approximate surface area is 159 Å². The van der Waals surface area contributed by atoms with Gasteiger partial charge in [0, 0.05) is 16.9 Å². The largest absolute Gasteiger partial charge is 0.451 e. The second-order valence-corrected chi connectivity index (χ2v) is 6.62. The Kier molecular flexibility index (Phi) is 6.80. The predicted molar refractivity (Wildman–Crippen MR) is 105 cm³/mol. The Bertz CT molecular complexity index is 815. The summed E-state index contributed by atoms with van der Waals surface area (Å²) in [6, 6.07) is 5.93. The molecule has 0 aliphatic rings. The zero-order valence-corrected chi connectivity index (χ0v) is 16.6. The topological polar surface area (TPSA) is 91.4 Å². The fraction of sp³-hybridized carbons (Fsp3) is 0.429. The van der Waals surface area contributed by atoms with Crippen molar-refractivity contribution >= 4 is 17.6 Å². The molecule has 2 rings (SSSR count). The van der Waals surface area contributed by atoms with Crippen LogP contribution in [0.4, 0.5) is 5.69 Å². The van der Waals surface area contributed by atoms with Crippen molar-refractivity contribution in [2.75, 3.05) is 11.9 Å². The number of benzene rings is 1. The summed E-state index contributed by atoms with van der Waals surface area (Å²) in [5.41, 5.74) is 5.18. The Hall–Kier alpha value is -2.60. The van der Waals surface area contributed by atoms with Gasteiger partial charge in [-0.2, -0.15) is 0 Å². The molecule has 0 aliphatic carbocycles. The second-order valence-electron chi connectivity index (χ2n) is 6.62. The summed E-state index contributed by atoms with van der Waals surface area (Å²) < 4.78 is 5.17. The summed E-state index contributed by atoms with van der Waals surface area (Å²) in [5, 5.41) is 12.7. The third kappa shape index (κ3) is 4.57. The molecule has 1 aromatic heterocycles. The number of H-pyrrole nitrogens is 1. The monoisotopic (exact) mass is 372 g/mol. The Morgan fingerprint density at radius 3 is 2.26 bits per heavy atom. The second kappa shape index (κ2) is 8.86. The molecule has 6 nitrogen and oxygen atoms in total. The van der Waals surface area contributed by atoms with Crippen LogP contribution in [-0.4, -0.2) is 28.6 Å². The summed E-state index contributed by atoms with van der Waals surface area (Å²) in [4.78, 5) is 27.6. The molecule has 1 amide bonds. The van der Waals surface area contributed by atoms with E-state index in [4.69, 9.17) is 4.74 Å². The van der Waals surface area contributed by atoms with Crippen LogP contribution in [0.15, 0.2) is 18.2 Å². The maximum absolute atomic E-state index is 12.3. The highest BCUT2D eigenvalue weighted by Gasteiger charge is 2.21. The fourth-order valence-corrected chi connectivity index (χ4v) is 3.38. The van der Waals surface area contributed by atoms with Gasteiger partial charge >= 0.3 is 5.97 Å². The van der Waals surface area contributed by atoms with Crippen LogP contribution in [0.2, 0.25) is 0 Å². The first kappa shape index (κ1) is 20.7. The molecule has 0 aliphatic heterocycles. The molecule has 1 heterocycles. The maximum atomic E-state index is 12.3. The number of aromatic nitrogens is 1. The first-order valence-corrected chi connectivity index (χ1v) is 9.24. The number of amides is 1. The molecule has 0 saturated heterocycles. The van der Waals surface area contributed by atoms with Crippen LogP contribution < -0.4 is 5.32 Å². The van der Waals surface area contributed by atoms with Crippen LogP contribution in [0.3, 0.4) is 0 Å². The van der Waals surface area contributed by atoms with Gasteiger partial charge in [0.15, 0.2) is 6.61 Å². The van der Waals surface area contributed by atoms with Gasteiger partial charge in [0.2, 0.25) is 0 Å². The number of hydrogen-bond donors (Lipinski definition) is 3. The molecular weight excluding hydrogens is 344 g/mol. The van der Waals surface area contributed by atoms with E-state index < -0.39 is 12.1 Å². The van der Waals surface area contributed by atoms with Gasteiger partial charge in [0.1, 0.15) is 5.69 Å². The first-order valence-electron chi connectivity index (χ1n) is 9.24. The highest BCUT2D eigenvalue weighted by Crippen LogP contribution is 2.25. The van der Waals surface area contributed by atoms with Gasteiger partial charge in [0.05, 0.1) is 6.10 Å². The SMILES string of the molecule is CCc1cccc(CC)c1NC(=O)COC(=O)c1[nH]c(C)c([C@@H](C)O)c1C. The number of aromatic amines is 1. The lowest BCUT2D eigenvalue weighted by molar-refractivity contribution is -0.119. The Morgan fingerprint density at radius 2 is 1.78 bits per heavy atom. The number of anilines is 1. The van der Waals surface area contributed by atoms with Crippen molar-refractivity contribution < 1.29 is 19.4 Å². The molecule has 1 atom stereocenters. The van der Waals surface area contributed by atoms with Gasteiger partial charge in [-0.05, 0) is 50.3 Å². The van der Waals surface area contributed by atoms with E-state index in [0.717, 1.165) is 29.7 Å². The number of hydrogen-bond acceptors (Lipinski definition) is 4. The number of para-hydroxylation sites is 1. The Balaban J connectivity index is 2.07. The van der Waals surface area contributed by atoms with Gasteiger partial charge in [-0.1, -0.05) is 32.0 Å². The van der Waals surface area contributed by atoms with E-state index in [1.165, 1.54) is 0 Å². The molecule has 0 fully saturated rings. The lowest BCUT2D eigenvalue weighted by atomic mass is 10.0. The average Bonchev–Trinajstić information content (AvgIpc) is 2.94. The quantitative estimate of drug-likeness (QED) is 0.648. The third-order valence-corrected chi connectivity index (χ3v) is 4.72.